The third kappa shape index (κ3) is 3.22. The summed E-state index contributed by atoms with van der Waals surface area (Å²) >= 11 is 5.76. The lowest BCUT2D eigenvalue weighted by atomic mass is 10.1. The van der Waals surface area contributed by atoms with Gasteiger partial charge in [-0.15, -0.1) is 0 Å². The van der Waals surface area contributed by atoms with Gasteiger partial charge in [-0.3, -0.25) is 25.1 Å². The number of nitro groups is 1. The average molecular weight is 358 g/mol. The second kappa shape index (κ2) is 6.37. The molecule has 25 heavy (non-hydrogen) atoms. The molecule has 2 aromatic carbocycles. The van der Waals surface area contributed by atoms with Crippen LogP contribution in [0.4, 0.5) is 11.4 Å². The quantitative estimate of drug-likeness (QED) is 0.395. The van der Waals surface area contributed by atoms with Crippen LogP contribution >= 0.6 is 11.6 Å². The summed E-state index contributed by atoms with van der Waals surface area (Å²) < 4.78 is 0. The van der Waals surface area contributed by atoms with E-state index in [4.69, 9.17) is 11.6 Å². The minimum Gasteiger partial charge on any atom is -0.267 e. The fourth-order valence-corrected chi connectivity index (χ4v) is 2.55. The average Bonchev–Trinajstić information content (AvgIpc) is 2.85. The van der Waals surface area contributed by atoms with Crippen LogP contribution in [0, 0.1) is 17.0 Å². The van der Waals surface area contributed by atoms with Crippen molar-refractivity contribution in [2.45, 2.75) is 6.92 Å². The molecular formula is C17H12ClN3O4. The lowest BCUT2D eigenvalue weighted by Gasteiger charge is -2.14. The van der Waals surface area contributed by atoms with Gasteiger partial charge in [0.2, 0.25) is 0 Å². The maximum Gasteiger partial charge on any atom is 0.288 e. The van der Waals surface area contributed by atoms with Crippen molar-refractivity contribution >= 4 is 40.9 Å². The number of hydrogen-bond donors (Lipinski definition) is 1. The summed E-state index contributed by atoms with van der Waals surface area (Å²) in [5, 5.41) is 12.1. The van der Waals surface area contributed by atoms with Crippen molar-refractivity contribution in [2.24, 2.45) is 0 Å². The van der Waals surface area contributed by atoms with Crippen LogP contribution in [0.1, 0.15) is 11.1 Å². The zero-order valence-corrected chi connectivity index (χ0v) is 13.8. The molecule has 0 radical (unpaired) electrons. The first-order valence-electron chi connectivity index (χ1n) is 7.24. The van der Waals surface area contributed by atoms with Gasteiger partial charge >= 0.3 is 0 Å². The first-order chi connectivity index (χ1) is 11.9. The van der Waals surface area contributed by atoms with Gasteiger partial charge in [-0.05, 0) is 36.8 Å². The van der Waals surface area contributed by atoms with Gasteiger partial charge in [0.1, 0.15) is 10.6 Å². The highest BCUT2D eigenvalue weighted by Gasteiger charge is 2.34. The summed E-state index contributed by atoms with van der Waals surface area (Å²) in [6.07, 6.45) is 1.30. The largest absolute Gasteiger partial charge is 0.288 e. The molecule has 7 nitrogen and oxygen atoms in total. The third-order valence-electron chi connectivity index (χ3n) is 3.66. The van der Waals surface area contributed by atoms with Gasteiger partial charge in [-0.2, -0.15) is 0 Å². The van der Waals surface area contributed by atoms with Gasteiger partial charge in [-0.1, -0.05) is 35.4 Å². The molecule has 1 fully saturated rings. The number of aryl methyl sites for hydroxylation is 1. The normalized spacial score (nSPS) is 15.6. The van der Waals surface area contributed by atoms with Gasteiger partial charge in [0.15, 0.2) is 0 Å². The van der Waals surface area contributed by atoms with E-state index in [1.54, 1.807) is 12.1 Å². The highest BCUT2D eigenvalue weighted by molar-refractivity contribution is 6.33. The Labute approximate surface area is 147 Å². The monoisotopic (exact) mass is 357 g/mol. The highest BCUT2D eigenvalue weighted by Crippen LogP contribution is 2.27. The summed E-state index contributed by atoms with van der Waals surface area (Å²) in [5.74, 6) is -1.12. The van der Waals surface area contributed by atoms with Gasteiger partial charge in [0.05, 0.1) is 10.6 Å². The standard InChI is InChI=1S/C17H12ClN3O4/c1-10-2-5-12(6-3-10)20-17(23)13(16(22)19-20)8-11-4-7-14(18)15(9-11)21(24)25/h2-9H,1H3,(H,19,22)/b13-8-. The smallest absolute Gasteiger partial charge is 0.267 e. The Morgan fingerprint density at radius 1 is 1.16 bits per heavy atom. The molecule has 0 spiro atoms. The number of carbonyl (C=O) groups excluding carboxylic acids is 2. The Bertz CT molecular complexity index is 922. The second-order valence-electron chi connectivity index (χ2n) is 5.44. The number of amides is 2. The molecule has 2 amide bonds. The minimum absolute atomic E-state index is 0.0179. The van der Waals surface area contributed by atoms with Crippen molar-refractivity contribution in [1.82, 2.24) is 5.43 Å². The van der Waals surface area contributed by atoms with Crippen LogP contribution in [-0.2, 0) is 9.59 Å². The highest BCUT2D eigenvalue weighted by atomic mass is 35.5. The number of anilines is 1. The summed E-state index contributed by atoms with van der Waals surface area (Å²) in [6.45, 7) is 1.91. The molecule has 0 atom stereocenters. The number of benzene rings is 2. The number of hydrogen-bond acceptors (Lipinski definition) is 4. The Balaban J connectivity index is 1.95. The maximum absolute atomic E-state index is 12.5. The maximum atomic E-state index is 12.5. The predicted octanol–water partition coefficient (Wildman–Crippen LogP) is 3.02. The first-order valence-corrected chi connectivity index (χ1v) is 7.62. The van der Waals surface area contributed by atoms with E-state index in [9.17, 15) is 19.7 Å². The molecule has 1 aliphatic heterocycles. The van der Waals surface area contributed by atoms with Gasteiger partial charge in [0.25, 0.3) is 17.5 Å². The topological polar surface area (TPSA) is 92.6 Å². The molecule has 126 valence electrons. The molecule has 3 rings (SSSR count). The van der Waals surface area contributed by atoms with Crippen LogP contribution in [0.25, 0.3) is 6.08 Å². The Morgan fingerprint density at radius 2 is 1.84 bits per heavy atom. The van der Waals surface area contributed by atoms with Crippen LogP contribution in [-0.4, -0.2) is 16.7 Å². The summed E-state index contributed by atoms with van der Waals surface area (Å²) in [6, 6.07) is 11.1. The Kier molecular flexibility index (Phi) is 4.24. The number of nitro benzene ring substituents is 1. The summed E-state index contributed by atoms with van der Waals surface area (Å²) in [4.78, 5) is 35.0. The first kappa shape index (κ1) is 16.7. The van der Waals surface area contributed by atoms with Crippen LogP contribution in [0.15, 0.2) is 48.0 Å². The summed E-state index contributed by atoms with van der Waals surface area (Å²) in [7, 11) is 0. The number of carbonyl (C=O) groups is 2. The lowest BCUT2D eigenvalue weighted by molar-refractivity contribution is -0.384. The van der Waals surface area contributed by atoms with Crippen molar-refractivity contribution in [2.75, 3.05) is 5.01 Å². The van der Waals surface area contributed by atoms with Crippen LogP contribution in [0.5, 0.6) is 0 Å². The van der Waals surface area contributed by atoms with Crippen LogP contribution in [0.2, 0.25) is 5.02 Å². The van der Waals surface area contributed by atoms with Gasteiger partial charge in [-0.25, -0.2) is 5.01 Å². The van der Waals surface area contributed by atoms with E-state index in [0.29, 0.717) is 11.3 Å². The molecule has 0 aliphatic carbocycles. The zero-order chi connectivity index (χ0) is 18.1. The SMILES string of the molecule is Cc1ccc(N2NC(=O)/C(=C/c3ccc(Cl)c([N+](=O)[O-])c3)C2=O)cc1. The molecule has 2 aromatic rings. The molecule has 1 aliphatic rings. The van der Waals surface area contributed by atoms with Crippen molar-refractivity contribution < 1.29 is 14.5 Å². The molecule has 0 saturated carbocycles. The third-order valence-corrected chi connectivity index (χ3v) is 3.98. The fourth-order valence-electron chi connectivity index (χ4n) is 2.36. The molecule has 8 heteroatoms. The Hall–Kier alpha value is -3.19. The number of halogens is 1. The Morgan fingerprint density at radius 3 is 2.48 bits per heavy atom. The molecular weight excluding hydrogens is 346 g/mol. The van der Waals surface area contributed by atoms with Crippen molar-refractivity contribution in [1.29, 1.82) is 0 Å². The van der Waals surface area contributed by atoms with E-state index in [1.807, 2.05) is 19.1 Å². The van der Waals surface area contributed by atoms with Crippen molar-refractivity contribution in [3.8, 4) is 0 Å². The number of nitrogens with one attached hydrogen (secondary N) is 1. The lowest BCUT2D eigenvalue weighted by Crippen LogP contribution is -2.35. The molecule has 0 unspecified atom stereocenters. The fraction of sp³-hybridized carbons (Fsp3) is 0.0588. The van der Waals surface area contributed by atoms with E-state index in [0.717, 1.165) is 10.6 Å². The van der Waals surface area contributed by atoms with E-state index >= 15 is 0 Å². The number of rotatable bonds is 3. The predicted molar refractivity (Wildman–Crippen MR) is 92.9 cm³/mol. The van der Waals surface area contributed by atoms with Crippen LogP contribution < -0.4 is 10.4 Å². The van der Waals surface area contributed by atoms with E-state index in [1.165, 1.54) is 24.3 Å². The molecule has 0 bridgehead atoms. The summed E-state index contributed by atoms with van der Waals surface area (Å²) in [5.41, 5.74) is 3.94. The van der Waals surface area contributed by atoms with Crippen molar-refractivity contribution in [3.05, 3.63) is 74.3 Å². The van der Waals surface area contributed by atoms with E-state index in [-0.39, 0.29) is 16.3 Å². The molecule has 1 heterocycles. The number of hydrazine groups is 1. The second-order valence-corrected chi connectivity index (χ2v) is 5.85. The molecule has 0 aromatic heterocycles. The molecule has 1 N–H and O–H groups in total. The minimum atomic E-state index is -0.626. The van der Waals surface area contributed by atoms with Crippen LogP contribution in [0.3, 0.4) is 0 Å². The van der Waals surface area contributed by atoms with Gasteiger partial charge < -0.3 is 0 Å². The van der Waals surface area contributed by atoms with Crippen molar-refractivity contribution in [3.63, 3.8) is 0 Å². The van der Waals surface area contributed by atoms with Gasteiger partial charge in [0, 0.05) is 6.07 Å². The van der Waals surface area contributed by atoms with E-state index < -0.39 is 16.7 Å². The molecule has 1 saturated heterocycles. The number of nitrogens with zero attached hydrogens (tertiary/aromatic N) is 2. The zero-order valence-electron chi connectivity index (χ0n) is 13.0. The van der Waals surface area contributed by atoms with E-state index in [2.05, 4.69) is 5.43 Å².